The summed E-state index contributed by atoms with van der Waals surface area (Å²) in [7, 11) is 0. The zero-order valence-electron chi connectivity index (χ0n) is 10.7. The molecule has 3 rings (SSSR count). The van der Waals surface area contributed by atoms with Crippen LogP contribution in [0.25, 0.3) is 16.9 Å². The molecule has 0 bridgehead atoms. The normalized spacial score (nSPS) is 10.7. The Morgan fingerprint density at radius 2 is 1.90 bits per heavy atom. The van der Waals surface area contributed by atoms with Crippen LogP contribution in [-0.4, -0.2) is 14.8 Å². The standard InChI is InChI=1S/C15H13ClN4/c16-14-12(8-17)6-7-18-15(14)20-10-13(9-19-20)11-4-2-1-3-5-11/h1-7,9-10H,8,17H2. The average Bonchev–Trinajstić information content (AvgIpc) is 2.98. The SMILES string of the molecule is NCc1ccnc(-n2cc(-c3ccccc3)cn2)c1Cl. The highest BCUT2D eigenvalue weighted by Crippen LogP contribution is 2.24. The van der Waals surface area contributed by atoms with Gasteiger partial charge in [-0.05, 0) is 17.2 Å². The molecule has 2 heterocycles. The molecule has 2 N–H and O–H groups in total. The van der Waals surface area contributed by atoms with Gasteiger partial charge in [0.2, 0.25) is 0 Å². The fourth-order valence-corrected chi connectivity index (χ4v) is 2.28. The molecule has 0 atom stereocenters. The fourth-order valence-electron chi connectivity index (χ4n) is 2.01. The molecule has 100 valence electrons. The molecule has 0 amide bonds. The Balaban J connectivity index is 2.03. The zero-order valence-corrected chi connectivity index (χ0v) is 11.5. The number of nitrogens with two attached hydrogens (primary N) is 1. The second kappa shape index (κ2) is 5.45. The Morgan fingerprint density at radius 1 is 1.10 bits per heavy atom. The minimum atomic E-state index is 0.376. The van der Waals surface area contributed by atoms with E-state index in [0.717, 1.165) is 16.7 Å². The number of halogens is 1. The monoisotopic (exact) mass is 284 g/mol. The molecule has 0 radical (unpaired) electrons. The van der Waals surface area contributed by atoms with Crippen LogP contribution in [0.15, 0.2) is 55.0 Å². The number of pyridine rings is 1. The van der Waals surface area contributed by atoms with Crippen molar-refractivity contribution in [2.24, 2.45) is 5.73 Å². The first-order valence-corrected chi connectivity index (χ1v) is 6.61. The average molecular weight is 285 g/mol. The van der Waals surface area contributed by atoms with E-state index in [2.05, 4.69) is 10.1 Å². The molecular weight excluding hydrogens is 272 g/mol. The van der Waals surface area contributed by atoms with Crippen molar-refractivity contribution in [3.05, 3.63) is 65.6 Å². The lowest BCUT2D eigenvalue weighted by Gasteiger charge is -2.06. The Kier molecular flexibility index (Phi) is 3.50. The number of benzene rings is 1. The summed E-state index contributed by atoms with van der Waals surface area (Å²) >= 11 is 6.30. The van der Waals surface area contributed by atoms with Crippen LogP contribution in [-0.2, 0) is 6.54 Å². The maximum atomic E-state index is 6.30. The molecule has 20 heavy (non-hydrogen) atoms. The summed E-state index contributed by atoms with van der Waals surface area (Å²) in [6.45, 7) is 0.376. The van der Waals surface area contributed by atoms with E-state index in [1.54, 1.807) is 17.1 Å². The van der Waals surface area contributed by atoms with Crippen LogP contribution in [0, 0.1) is 0 Å². The summed E-state index contributed by atoms with van der Waals surface area (Å²) < 4.78 is 1.67. The van der Waals surface area contributed by atoms with Crippen LogP contribution in [0.4, 0.5) is 0 Å². The summed E-state index contributed by atoms with van der Waals surface area (Å²) in [5.74, 6) is 0.594. The fraction of sp³-hybridized carbons (Fsp3) is 0.0667. The molecule has 2 aromatic heterocycles. The van der Waals surface area contributed by atoms with Crippen molar-refractivity contribution in [3.8, 4) is 16.9 Å². The third-order valence-corrected chi connectivity index (χ3v) is 3.49. The van der Waals surface area contributed by atoms with E-state index in [1.165, 1.54) is 0 Å². The number of rotatable bonds is 3. The Labute approximate surface area is 121 Å². The highest BCUT2D eigenvalue weighted by Gasteiger charge is 2.10. The Bertz CT molecular complexity index is 722. The topological polar surface area (TPSA) is 56.7 Å². The van der Waals surface area contributed by atoms with Gasteiger partial charge in [0, 0.05) is 24.5 Å². The third-order valence-electron chi connectivity index (χ3n) is 3.08. The van der Waals surface area contributed by atoms with Gasteiger partial charge in [0.05, 0.1) is 11.2 Å². The van der Waals surface area contributed by atoms with E-state index in [9.17, 15) is 0 Å². The smallest absolute Gasteiger partial charge is 0.172 e. The molecule has 4 nitrogen and oxygen atoms in total. The van der Waals surface area contributed by atoms with Crippen LogP contribution >= 0.6 is 11.6 Å². The van der Waals surface area contributed by atoms with Gasteiger partial charge in [-0.2, -0.15) is 5.10 Å². The molecule has 0 aliphatic heterocycles. The van der Waals surface area contributed by atoms with Gasteiger partial charge in [-0.15, -0.1) is 0 Å². The van der Waals surface area contributed by atoms with Gasteiger partial charge in [0.25, 0.3) is 0 Å². The van der Waals surface area contributed by atoms with Crippen LogP contribution < -0.4 is 5.73 Å². The van der Waals surface area contributed by atoms with Gasteiger partial charge in [-0.25, -0.2) is 9.67 Å². The molecular formula is C15H13ClN4. The van der Waals surface area contributed by atoms with Gasteiger partial charge in [-0.3, -0.25) is 0 Å². The highest BCUT2D eigenvalue weighted by molar-refractivity contribution is 6.32. The second-order valence-electron chi connectivity index (χ2n) is 4.35. The lowest BCUT2D eigenvalue weighted by molar-refractivity contribution is 0.842. The Morgan fingerprint density at radius 3 is 2.65 bits per heavy atom. The molecule has 0 aliphatic carbocycles. The second-order valence-corrected chi connectivity index (χ2v) is 4.73. The minimum Gasteiger partial charge on any atom is -0.326 e. The van der Waals surface area contributed by atoms with E-state index in [-0.39, 0.29) is 0 Å². The lowest BCUT2D eigenvalue weighted by atomic mass is 10.1. The van der Waals surface area contributed by atoms with Gasteiger partial charge in [-0.1, -0.05) is 41.9 Å². The van der Waals surface area contributed by atoms with Crippen molar-refractivity contribution < 1.29 is 0 Å². The van der Waals surface area contributed by atoms with Crippen LogP contribution in [0.5, 0.6) is 0 Å². The molecule has 1 aromatic carbocycles. The van der Waals surface area contributed by atoms with Crippen molar-refractivity contribution in [2.75, 3.05) is 0 Å². The predicted octanol–water partition coefficient (Wildman–Crippen LogP) is 3.05. The van der Waals surface area contributed by atoms with Crippen LogP contribution in [0.2, 0.25) is 5.02 Å². The highest BCUT2D eigenvalue weighted by atomic mass is 35.5. The van der Waals surface area contributed by atoms with Crippen molar-refractivity contribution in [2.45, 2.75) is 6.54 Å². The molecule has 0 saturated carbocycles. The molecule has 5 heteroatoms. The molecule has 0 aliphatic rings. The third kappa shape index (κ3) is 2.31. The van der Waals surface area contributed by atoms with Crippen molar-refractivity contribution >= 4 is 11.6 Å². The molecule has 0 unspecified atom stereocenters. The van der Waals surface area contributed by atoms with Crippen LogP contribution in [0.1, 0.15) is 5.56 Å². The van der Waals surface area contributed by atoms with Gasteiger partial charge < -0.3 is 5.73 Å². The number of aromatic nitrogens is 3. The van der Waals surface area contributed by atoms with E-state index in [0.29, 0.717) is 17.4 Å². The quantitative estimate of drug-likeness (QED) is 0.804. The summed E-state index contributed by atoms with van der Waals surface area (Å²) in [5, 5.41) is 4.87. The van der Waals surface area contributed by atoms with Gasteiger partial charge >= 0.3 is 0 Å². The van der Waals surface area contributed by atoms with Crippen molar-refractivity contribution in [3.63, 3.8) is 0 Å². The van der Waals surface area contributed by atoms with E-state index in [4.69, 9.17) is 17.3 Å². The van der Waals surface area contributed by atoms with E-state index < -0.39 is 0 Å². The lowest BCUT2D eigenvalue weighted by Crippen LogP contribution is -2.04. The first-order chi connectivity index (χ1) is 9.79. The molecule has 0 saturated heterocycles. The van der Waals surface area contributed by atoms with E-state index in [1.807, 2.05) is 42.6 Å². The van der Waals surface area contributed by atoms with Crippen molar-refractivity contribution in [1.82, 2.24) is 14.8 Å². The predicted molar refractivity (Wildman–Crippen MR) is 79.7 cm³/mol. The number of nitrogens with zero attached hydrogens (tertiary/aromatic N) is 3. The van der Waals surface area contributed by atoms with E-state index >= 15 is 0 Å². The molecule has 0 spiro atoms. The van der Waals surface area contributed by atoms with Gasteiger partial charge in [0.1, 0.15) is 0 Å². The minimum absolute atomic E-state index is 0.376. The summed E-state index contributed by atoms with van der Waals surface area (Å²) in [6, 6.07) is 11.9. The molecule has 0 fully saturated rings. The maximum absolute atomic E-state index is 6.30. The Hall–Kier alpha value is -2.17. The first kappa shape index (κ1) is 12.8. The summed E-state index contributed by atoms with van der Waals surface area (Å²) in [6.07, 6.45) is 5.39. The maximum Gasteiger partial charge on any atom is 0.172 e. The summed E-state index contributed by atoms with van der Waals surface area (Å²) in [4.78, 5) is 4.28. The summed E-state index contributed by atoms with van der Waals surface area (Å²) in [5.41, 5.74) is 8.62. The number of hydrogen-bond donors (Lipinski definition) is 1. The number of hydrogen-bond acceptors (Lipinski definition) is 3. The largest absolute Gasteiger partial charge is 0.326 e. The zero-order chi connectivity index (χ0) is 13.9. The molecule has 3 aromatic rings. The van der Waals surface area contributed by atoms with Gasteiger partial charge in [0.15, 0.2) is 5.82 Å². The first-order valence-electron chi connectivity index (χ1n) is 6.23. The van der Waals surface area contributed by atoms with Crippen LogP contribution in [0.3, 0.4) is 0 Å². The van der Waals surface area contributed by atoms with Crippen molar-refractivity contribution in [1.29, 1.82) is 0 Å².